The van der Waals surface area contributed by atoms with Crippen molar-refractivity contribution in [2.24, 2.45) is 0 Å². The number of carbonyl (C=O) groups is 1. The quantitative estimate of drug-likeness (QED) is 0.491. The lowest BCUT2D eigenvalue weighted by atomic mass is 10.2. The van der Waals surface area contributed by atoms with Crippen LogP contribution in [0.1, 0.15) is 10.4 Å². The third kappa shape index (κ3) is 3.58. The Morgan fingerprint density at radius 3 is 2.63 bits per heavy atom. The maximum atomic E-state index is 12.6. The number of fused-ring (bicyclic) bond motifs is 1. The normalized spacial score (nSPS) is 14.6. The van der Waals surface area contributed by atoms with Crippen molar-refractivity contribution in [3.8, 4) is 0 Å². The molecule has 4 rings (SSSR count). The number of non-ortho nitro benzene ring substituents is 1. The van der Waals surface area contributed by atoms with Gasteiger partial charge in [0.15, 0.2) is 5.13 Å². The smallest absolute Gasteiger partial charge is 0.270 e. The first-order valence-electron chi connectivity index (χ1n) is 8.36. The lowest BCUT2D eigenvalue weighted by Gasteiger charge is -2.34. The van der Waals surface area contributed by atoms with Gasteiger partial charge in [0.1, 0.15) is 0 Å². The van der Waals surface area contributed by atoms with Gasteiger partial charge in [0.25, 0.3) is 11.6 Å². The van der Waals surface area contributed by atoms with Crippen LogP contribution in [0.25, 0.3) is 10.2 Å². The van der Waals surface area contributed by atoms with Gasteiger partial charge in [-0.3, -0.25) is 14.9 Å². The molecule has 0 atom stereocenters. The van der Waals surface area contributed by atoms with Crippen LogP contribution >= 0.6 is 22.9 Å². The highest BCUT2D eigenvalue weighted by Gasteiger charge is 2.24. The lowest BCUT2D eigenvalue weighted by Crippen LogP contribution is -2.48. The van der Waals surface area contributed by atoms with E-state index in [1.54, 1.807) is 41.3 Å². The minimum atomic E-state index is -0.404. The van der Waals surface area contributed by atoms with Crippen molar-refractivity contribution in [3.05, 3.63) is 63.2 Å². The second-order valence-corrected chi connectivity index (χ2v) is 7.64. The fourth-order valence-electron chi connectivity index (χ4n) is 3.05. The summed E-state index contributed by atoms with van der Waals surface area (Å²) in [6, 6.07) is 11.6. The second-order valence-electron chi connectivity index (χ2n) is 6.20. The number of benzene rings is 2. The van der Waals surface area contributed by atoms with Crippen molar-refractivity contribution in [2.45, 2.75) is 0 Å². The molecule has 2 heterocycles. The number of carbonyl (C=O) groups excluding carboxylic acids is 1. The Hall–Kier alpha value is -2.71. The van der Waals surface area contributed by atoms with Gasteiger partial charge in [0, 0.05) is 48.9 Å². The van der Waals surface area contributed by atoms with E-state index in [0.717, 1.165) is 15.3 Å². The number of hydrogen-bond donors (Lipinski definition) is 0. The standard InChI is InChI=1S/C18H15ClN4O3S/c19-13-3-1-2-12(10-13)17(24)21-6-8-22(9-7-21)18-20-15-5-4-14(23(25)26)11-16(15)27-18/h1-5,10-11H,6-9H2. The number of anilines is 1. The molecule has 0 aliphatic carbocycles. The molecular weight excluding hydrogens is 388 g/mol. The SMILES string of the molecule is O=C(c1cccc(Cl)c1)N1CCN(c2nc3ccc([N+](=O)[O-])cc3s2)CC1. The zero-order valence-corrected chi connectivity index (χ0v) is 15.7. The monoisotopic (exact) mass is 402 g/mol. The van der Waals surface area contributed by atoms with Crippen LogP contribution in [0.5, 0.6) is 0 Å². The molecule has 0 bridgehead atoms. The van der Waals surface area contributed by atoms with Gasteiger partial charge in [0.05, 0.1) is 15.1 Å². The molecule has 1 amide bonds. The minimum absolute atomic E-state index is 0.0305. The highest BCUT2D eigenvalue weighted by atomic mass is 35.5. The van der Waals surface area contributed by atoms with Gasteiger partial charge in [-0.15, -0.1) is 0 Å². The molecule has 9 heteroatoms. The van der Waals surface area contributed by atoms with E-state index in [1.165, 1.54) is 17.4 Å². The predicted molar refractivity (Wildman–Crippen MR) is 106 cm³/mol. The number of aromatic nitrogens is 1. The van der Waals surface area contributed by atoms with Crippen LogP contribution in [0, 0.1) is 10.1 Å². The summed E-state index contributed by atoms with van der Waals surface area (Å²) < 4.78 is 0.789. The van der Waals surface area contributed by atoms with Crippen LogP contribution < -0.4 is 4.90 Å². The summed E-state index contributed by atoms with van der Waals surface area (Å²) in [6.45, 7) is 2.49. The van der Waals surface area contributed by atoms with Crippen molar-refractivity contribution in [3.63, 3.8) is 0 Å². The molecule has 0 saturated carbocycles. The molecule has 1 aromatic heterocycles. The van der Waals surface area contributed by atoms with Gasteiger partial charge >= 0.3 is 0 Å². The Bertz CT molecular complexity index is 1030. The molecule has 0 unspecified atom stereocenters. The van der Waals surface area contributed by atoms with Crippen LogP contribution in [-0.2, 0) is 0 Å². The number of nitro groups is 1. The Morgan fingerprint density at radius 1 is 1.15 bits per heavy atom. The number of rotatable bonds is 3. The highest BCUT2D eigenvalue weighted by Crippen LogP contribution is 2.32. The number of nitrogens with zero attached hydrogens (tertiary/aromatic N) is 4. The largest absolute Gasteiger partial charge is 0.345 e. The van der Waals surface area contributed by atoms with E-state index < -0.39 is 4.92 Å². The van der Waals surface area contributed by atoms with Crippen molar-refractivity contribution in [1.29, 1.82) is 0 Å². The molecule has 0 radical (unpaired) electrons. The molecule has 1 saturated heterocycles. The van der Waals surface area contributed by atoms with E-state index in [0.29, 0.717) is 36.8 Å². The van der Waals surface area contributed by atoms with Gasteiger partial charge in [0.2, 0.25) is 0 Å². The van der Waals surface area contributed by atoms with E-state index in [4.69, 9.17) is 11.6 Å². The van der Waals surface area contributed by atoms with Crippen LogP contribution in [0.2, 0.25) is 5.02 Å². The number of halogens is 1. The fourth-order valence-corrected chi connectivity index (χ4v) is 4.30. The van der Waals surface area contributed by atoms with E-state index in [1.807, 2.05) is 0 Å². The molecule has 27 heavy (non-hydrogen) atoms. The Morgan fingerprint density at radius 2 is 1.93 bits per heavy atom. The van der Waals surface area contributed by atoms with E-state index in [2.05, 4.69) is 9.88 Å². The van der Waals surface area contributed by atoms with Crippen molar-refractivity contribution in [2.75, 3.05) is 31.1 Å². The van der Waals surface area contributed by atoms with Crippen LogP contribution in [0.15, 0.2) is 42.5 Å². The highest BCUT2D eigenvalue weighted by molar-refractivity contribution is 7.22. The number of nitro benzene ring substituents is 1. The number of thiazole rings is 1. The first-order valence-corrected chi connectivity index (χ1v) is 9.55. The Balaban J connectivity index is 1.46. The number of hydrogen-bond acceptors (Lipinski definition) is 6. The molecular formula is C18H15ClN4O3S. The van der Waals surface area contributed by atoms with Crippen LogP contribution in [-0.4, -0.2) is 46.9 Å². The Kier molecular flexibility index (Phi) is 4.67. The molecule has 1 fully saturated rings. The first kappa shape index (κ1) is 17.7. The lowest BCUT2D eigenvalue weighted by molar-refractivity contribution is -0.384. The summed E-state index contributed by atoms with van der Waals surface area (Å²) in [5.74, 6) is -0.0305. The topological polar surface area (TPSA) is 79.6 Å². The van der Waals surface area contributed by atoms with Gasteiger partial charge in [-0.25, -0.2) is 4.98 Å². The number of piperazine rings is 1. The van der Waals surface area contributed by atoms with Gasteiger partial charge in [-0.05, 0) is 24.3 Å². The average Bonchev–Trinajstić information content (AvgIpc) is 3.11. The van der Waals surface area contributed by atoms with Gasteiger partial charge in [-0.2, -0.15) is 0 Å². The zero-order chi connectivity index (χ0) is 19.0. The maximum Gasteiger partial charge on any atom is 0.270 e. The molecule has 138 valence electrons. The van der Waals surface area contributed by atoms with Crippen LogP contribution in [0.4, 0.5) is 10.8 Å². The summed E-state index contributed by atoms with van der Waals surface area (Å²) >= 11 is 7.41. The fraction of sp³-hybridized carbons (Fsp3) is 0.222. The van der Waals surface area contributed by atoms with Crippen molar-refractivity contribution >= 4 is 49.9 Å². The summed E-state index contributed by atoms with van der Waals surface area (Å²) in [5.41, 5.74) is 1.40. The molecule has 0 N–H and O–H groups in total. The molecule has 3 aromatic rings. The van der Waals surface area contributed by atoms with E-state index >= 15 is 0 Å². The zero-order valence-electron chi connectivity index (χ0n) is 14.2. The third-order valence-electron chi connectivity index (χ3n) is 4.48. The average molecular weight is 403 g/mol. The van der Waals surface area contributed by atoms with Crippen LogP contribution in [0.3, 0.4) is 0 Å². The molecule has 2 aromatic carbocycles. The maximum absolute atomic E-state index is 12.6. The Labute approximate surface area is 163 Å². The summed E-state index contributed by atoms with van der Waals surface area (Å²) in [5, 5.41) is 12.3. The van der Waals surface area contributed by atoms with Crippen molar-refractivity contribution < 1.29 is 9.72 Å². The molecule has 0 spiro atoms. The van der Waals surface area contributed by atoms with Gasteiger partial charge < -0.3 is 9.80 Å². The predicted octanol–water partition coefficient (Wildman–Crippen LogP) is 3.82. The summed E-state index contributed by atoms with van der Waals surface area (Å²) in [7, 11) is 0. The molecule has 1 aliphatic heterocycles. The number of amides is 1. The third-order valence-corrected chi connectivity index (χ3v) is 5.79. The molecule has 1 aliphatic rings. The minimum Gasteiger partial charge on any atom is -0.345 e. The second kappa shape index (κ2) is 7.13. The van der Waals surface area contributed by atoms with Crippen molar-refractivity contribution in [1.82, 2.24) is 9.88 Å². The first-order chi connectivity index (χ1) is 13.0. The summed E-state index contributed by atoms with van der Waals surface area (Å²) in [4.78, 5) is 31.6. The summed E-state index contributed by atoms with van der Waals surface area (Å²) in [6.07, 6.45) is 0. The van der Waals surface area contributed by atoms with E-state index in [9.17, 15) is 14.9 Å². The van der Waals surface area contributed by atoms with Gasteiger partial charge in [-0.1, -0.05) is 29.0 Å². The van der Waals surface area contributed by atoms with E-state index in [-0.39, 0.29) is 11.6 Å². The molecule has 7 nitrogen and oxygen atoms in total.